The molecule has 0 aliphatic carbocycles. The van der Waals surface area contributed by atoms with Gasteiger partial charge >= 0.3 is 0 Å². The van der Waals surface area contributed by atoms with Crippen LogP contribution in [0.3, 0.4) is 0 Å². The van der Waals surface area contributed by atoms with Gasteiger partial charge in [-0.25, -0.2) is 0 Å². The minimum Gasteiger partial charge on any atom is -0.385 e. The lowest BCUT2D eigenvalue weighted by Crippen LogP contribution is -2.11. The highest BCUT2D eigenvalue weighted by Crippen LogP contribution is 2.36. The number of fused-ring (bicyclic) bond motifs is 3. The Morgan fingerprint density at radius 3 is 3.07 bits per heavy atom. The molecule has 1 fully saturated rings. The van der Waals surface area contributed by atoms with Crippen LogP contribution in [0.2, 0.25) is 0 Å². The predicted octanol–water partition coefficient (Wildman–Crippen LogP) is 1.81. The molecule has 2 aliphatic heterocycles. The summed E-state index contributed by atoms with van der Waals surface area (Å²) in [5.41, 5.74) is 2.86. The molecule has 2 atom stereocenters. The van der Waals surface area contributed by atoms with Crippen LogP contribution in [0.15, 0.2) is 24.3 Å². The Balaban J connectivity index is 2.04. The van der Waals surface area contributed by atoms with Gasteiger partial charge in [0, 0.05) is 24.7 Å². The normalized spacial score (nSPS) is 30.0. The van der Waals surface area contributed by atoms with Crippen molar-refractivity contribution in [1.29, 1.82) is 0 Å². The van der Waals surface area contributed by atoms with Gasteiger partial charge in [-0.15, -0.1) is 0 Å². The monoisotopic (exact) mass is 188 g/mol. The van der Waals surface area contributed by atoms with Crippen molar-refractivity contribution < 1.29 is 0 Å². The minimum atomic E-state index is 0.737. The second-order valence-electron chi connectivity index (χ2n) is 4.33. The van der Waals surface area contributed by atoms with Crippen LogP contribution >= 0.6 is 0 Å². The highest BCUT2D eigenvalue weighted by atomic mass is 14.9. The topological polar surface area (TPSA) is 24.1 Å². The summed E-state index contributed by atoms with van der Waals surface area (Å²) in [6.07, 6.45) is 1.30. The Morgan fingerprint density at radius 1 is 1.14 bits per heavy atom. The lowest BCUT2D eigenvalue weighted by Gasteiger charge is -2.16. The molecule has 2 aliphatic rings. The molecule has 1 saturated heterocycles. The average molecular weight is 188 g/mol. The SMILES string of the molecule is c1ccc2c(c1)NCC[C@H]1CNC[C@H]21. The Morgan fingerprint density at radius 2 is 2.07 bits per heavy atom. The van der Waals surface area contributed by atoms with Crippen molar-refractivity contribution in [3.8, 4) is 0 Å². The molecule has 0 radical (unpaired) electrons. The van der Waals surface area contributed by atoms with E-state index >= 15 is 0 Å². The molecule has 1 aromatic rings. The molecule has 0 spiro atoms. The van der Waals surface area contributed by atoms with Gasteiger partial charge in [0.2, 0.25) is 0 Å². The van der Waals surface area contributed by atoms with E-state index in [2.05, 4.69) is 34.9 Å². The molecular weight excluding hydrogens is 172 g/mol. The fraction of sp³-hybridized carbons (Fsp3) is 0.500. The zero-order valence-corrected chi connectivity index (χ0v) is 8.29. The van der Waals surface area contributed by atoms with E-state index in [0.29, 0.717) is 0 Å². The standard InChI is InChI=1S/C12H16N2/c1-2-4-12-10(3-1)11-8-13-7-9(11)5-6-14-12/h1-4,9,11,13-14H,5-8H2/t9-,11-/m0/s1. The Labute approximate surface area is 84.7 Å². The number of anilines is 1. The summed E-state index contributed by atoms with van der Waals surface area (Å²) in [4.78, 5) is 0. The lowest BCUT2D eigenvalue weighted by molar-refractivity contribution is 0.503. The van der Waals surface area contributed by atoms with E-state index in [-0.39, 0.29) is 0 Å². The van der Waals surface area contributed by atoms with E-state index in [0.717, 1.165) is 24.9 Å². The van der Waals surface area contributed by atoms with Crippen molar-refractivity contribution in [1.82, 2.24) is 5.32 Å². The maximum atomic E-state index is 3.53. The summed E-state index contributed by atoms with van der Waals surface area (Å²) < 4.78 is 0. The number of hydrogen-bond donors (Lipinski definition) is 2. The van der Waals surface area contributed by atoms with Crippen LogP contribution in [0.1, 0.15) is 17.9 Å². The highest BCUT2D eigenvalue weighted by Gasteiger charge is 2.31. The first-order valence-electron chi connectivity index (χ1n) is 5.48. The van der Waals surface area contributed by atoms with Crippen LogP contribution in [0, 0.1) is 5.92 Å². The highest BCUT2D eigenvalue weighted by molar-refractivity contribution is 5.54. The minimum absolute atomic E-state index is 0.737. The third kappa shape index (κ3) is 1.22. The molecule has 2 nitrogen and oxygen atoms in total. The maximum Gasteiger partial charge on any atom is 0.0376 e. The maximum absolute atomic E-state index is 3.53. The van der Waals surface area contributed by atoms with Crippen molar-refractivity contribution in [3.63, 3.8) is 0 Å². The Kier molecular flexibility index (Phi) is 1.95. The zero-order chi connectivity index (χ0) is 9.38. The number of rotatable bonds is 0. The Hall–Kier alpha value is -1.02. The van der Waals surface area contributed by atoms with Crippen LogP contribution in [0.4, 0.5) is 5.69 Å². The molecule has 0 saturated carbocycles. The van der Waals surface area contributed by atoms with E-state index in [4.69, 9.17) is 0 Å². The third-order valence-electron chi connectivity index (χ3n) is 3.53. The van der Waals surface area contributed by atoms with Gasteiger partial charge in [0.1, 0.15) is 0 Å². The second kappa shape index (κ2) is 3.28. The molecule has 2 heterocycles. The largest absolute Gasteiger partial charge is 0.385 e. The van der Waals surface area contributed by atoms with Crippen molar-refractivity contribution in [3.05, 3.63) is 29.8 Å². The van der Waals surface area contributed by atoms with Crippen LogP contribution in [-0.2, 0) is 0 Å². The molecule has 2 N–H and O–H groups in total. The number of para-hydroxylation sites is 1. The average Bonchev–Trinajstić information content (AvgIpc) is 2.61. The molecule has 0 unspecified atom stereocenters. The second-order valence-corrected chi connectivity index (χ2v) is 4.33. The van der Waals surface area contributed by atoms with Crippen LogP contribution < -0.4 is 10.6 Å². The van der Waals surface area contributed by atoms with Crippen molar-refractivity contribution in [2.45, 2.75) is 12.3 Å². The molecule has 1 aromatic carbocycles. The molecule has 14 heavy (non-hydrogen) atoms. The quantitative estimate of drug-likeness (QED) is 0.649. The molecule has 0 bridgehead atoms. The number of hydrogen-bond acceptors (Lipinski definition) is 2. The summed E-state index contributed by atoms with van der Waals surface area (Å²) in [6.45, 7) is 3.48. The Bertz CT molecular complexity index is 335. The molecule has 3 rings (SSSR count). The molecule has 2 heteroatoms. The van der Waals surface area contributed by atoms with Gasteiger partial charge in [-0.05, 0) is 30.5 Å². The van der Waals surface area contributed by atoms with E-state index in [9.17, 15) is 0 Å². The zero-order valence-electron chi connectivity index (χ0n) is 8.29. The van der Waals surface area contributed by atoms with Crippen molar-refractivity contribution >= 4 is 5.69 Å². The third-order valence-corrected chi connectivity index (χ3v) is 3.53. The first kappa shape index (κ1) is 8.30. The van der Waals surface area contributed by atoms with Crippen LogP contribution in [0.25, 0.3) is 0 Å². The summed E-state index contributed by atoms with van der Waals surface area (Å²) in [6, 6.07) is 8.75. The van der Waals surface area contributed by atoms with Gasteiger partial charge in [0.05, 0.1) is 0 Å². The first-order valence-corrected chi connectivity index (χ1v) is 5.48. The van der Waals surface area contributed by atoms with Crippen molar-refractivity contribution in [2.75, 3.05) is 25.0 Å². The van der Waals surface area contributed by atoms with E-state index < -0.39 is 0 Å². The molecule has 0 amide bonds. The predicted molar refractivity (Wildman–Crippen MR) is 58.6 cm³/mol. The lowest BCUT2D eigenvalue weighted by atomic mass is 9.87. The summed E-state index contributed by atoms with van der Waals surface area (Å²) in [5.74, 6) is 1.58. The van der Waals surface area contributed by atoms with Crippen LogP contribution in [-0.4, -0.2) is 19.6 Å². The summed E-state index contributed by atoms with van der Waals surface area (Å²) in [5, 5.41) is 7.03. The molecule has 0 aromatic heterocycles. The number of benzene rings is 1. The summed E-state index contributed by atoms with van der Waals surface area (Å²) >= 11 is 0. The van der Waals surface area contributed by atoms with E-state index in [1.807, 2.05) is 0 Å². The molecular formula is C12H16N2. The fourth-order valence-corrected chi connectivity index (χ4v) is 2.77. The fourth-order valence-electron chi connectivity index (χ4n) is 2.77. The first-order chi connectivity index (χ1) is 6.95. The van der Waals surface area contributed by atoms with Gasteiger partial charge in [0.25, 0.3) is 0 Å². The number of nitrogens with one attached hydrogen (secondary N) is 2. The van der Waals surface area contributed by atoms with Gasteiger partial charge in [-0.1, -0.05) is 18.2 Å². The van der Waals surface area contributed by atoms with Crippen molar-refractivity contribution in [2.24, 2.45) is 5.92 Å². The summed E-state index contributed by atoms with van der Waals surface area (Å²) in [7, 11) is 0. The van der Waals surface area contributed by atoms with Gasteiger partial charge in [-0.2, -0.15) is 0 Å². The van der Waals surface area contributed by atoms with Gasteiger partial charge in [0.15, 0.2) is 0 Å². The van der Waals surface area contributed by atoms with E-state index in [1.54, 1.807) is 0 Å². The molecule has 74 valence electrons. The van der Waals surface area contributed by atoms with E-state index in [1.165, 1.54) is 24.2 Å². The van der Waals surface area contributed by atoms with Gasteiger partial charge in [-0.3, -0.25) is 0 Å². The smallest absolute Gasteiger partial charge is 0.0376 e. The van der Waals surface area contributed by atoms with Gasteiger partial charge < -0.3 is 10.6 Å². The van der Waals surface area contributed by atoms with Crippen LogP contribution in [0.5, 0.6) is 0 Å².